The first kappa shape index (κ1) is 27.7. The fraction of sp³-hybridized carbons (Fsp3) is 0.286. The highest BCUT2D eigenvalue weighted by molar-refractivity contribution is 9.10. The normalized spacial score (nSPS) is 11.6. The fourth-order valence-electron chi connectivity index (χ4n) is 3.66. The molecular formula is C28H29BrClFN2O3. The van der Waals surface area contributed by atoms with Crippen LogP contribution in [0.4, 0.5) is 4.39 Å². The van der Waals surface area contributed by atoms with Crippen LogP contribution in [-0.4, -0.2) is 35.9 Å². The van der Waals surface area contributed by atoms with Gasteiger partial charge in [-0.15, -0.1) is 0 Å². The molecule has 0 fully saturated rings. The Kier molecular flexibility index (Phi) is 10.8. The van der Waals surface area contributed by atoms with E-state index in [2.05, 4.69) is 21.2 Å². The Morgan fingerprint density at radius 2 is 1.78 bits per heavy atom. The summed E-state index contributed by atoms with van der Waals surface area (Å²) in [4.78, 5) is 28.4. The Morgan fingerprint density at radius 3 is 2.44 bits per heavy atom. The predicted molar refractivity (Wildman–Crippen MR) is 143 cm³/mol. The van der Waals surface area contributed by atoms with E-state index in [1.165, 1.54) is 17.0 Å². The maximum atomic E-state index is 13.5. The minimum Gasteiger partial charge on any atom is -0.483 e. The van der Waals surface area contributed by atoms with Gasteiger partial charge in [0, 0.05) is 24.5 Å². The number of halogens is 3. The van der Waals surface area contributed by atoms with Crippen LogP contribution >= 0.6 is 27.5 Å². The second-order valence-electron chi connectivity index (χ2n) is 8.36. The van der Waals surface area contributed by atoms with Gasteiger partial charge in [0.25, 0.3) is 5.91 Å². The minimum absolute atomic E-state index is 0.128. The lowest BCUT2D eigenvalue weighted by molar-refractivity contribution is -0.142. The Labute approximate surface area is 224 Å². The van der Waals surface area contributed by atoms with Crippen molar-refractivity contribution in [3.63, 3.8) is 0 Å². The number of ether oxygens (including phenoxy) is 1. The van der Waals surface area contributed by atoms with Gasteiger partial charge in [0.05, 0.1) is 4.47 Å². The molecule has 1 N–H and O–H groups in total. The number of nitrogens with one attached hydrogen (secondary N) is 1. The Morgan fingerprint density at radius 1 is 1.06 bits per heavy atom. The molecule has 0 unspecified atom stereocenters. The van der Waals surface area contributed by atoms with Gasteiger partial charge in [-0.3, -0.25) is 9.59 Å². The third kappa shape index (κ3) is 8.35. The molecular weight excluding hydrogens is 547 g/mol. The van der Waals surface area contributed by atoms with Gasteiger partial charge < -0.3 is 15.0 Å². The van der Waals surface area contributed by atoms with E-state index >= 15 is 0 Å². The van der Waals surface area contributed by atoms with Crippen molar-refractivity contribution < 1.29 is 18.7 Å². The largest absolute Gasteiger partial charge is 0.483 e. The Balaban J connectivity index is 1.88. The van der Waals surface area contributed by atoms with E-state index in [9.17, 15) is 14.0 Å². The Hall–Kier alpha value is -2.90. The summed E-state index contributed by atoms with van der Waals surface area (Å²) in [5, 5.41) is 3.50. The number of unbranched alkanes of at least 4 members (excludes halogenated alkanes) is 1. The number of hydrogen-bond acceptors (Lipinski definition) is 3. The zero-order valence-electron chi connectivity index (χ0n) is 20.1. The number of amides is 2. The van der Waals surface area contributed by atoms with Crippen molar-refractivity contribution in [1.29, 1.82) is 0 Å². The molecule has 3 rings (SSSR count). The molecule has 3 aromatic carbocycles. The summed E-state index contributed by atoms with van der Waals surface area (Å²) in [5.74, 6) is -0.518. The number of hydrogen-bond donors (Lipinski definition) is 1. The van der Waals surface area contributed by atoms with E-state index in [4.69, 9.17) is 16.3 Å². The first-order valence-corrected chi connectivity index (χ1v) is 13.0. The number of benzene rings is 3. The fourth-order valence-corrected chi connectivity index (χ4v) is 4.46. The van der Waals surface area contributed by atoms with E-state index < -0.39 is 6.04 Å². The molecule has 0 heterocycles. The average molecular weight is 576 g/mol. The van der Waals surface area contributed by atoms with E-state index in [-0.39, 0.29) is 30.8 Å². The molecule has 0 saturated carbocycles. The van der Waals surface area contributed by atoms with Crippen molar-refractivity contribution >= 4 is 39.3 Å². The first-order valence-electron chi connectivity index (χ1n) is 11.8. The highest BCUT2D eigenvalue weighted by Crippen LogP contribution is 2.28. The van der Waals surface area contributed by atoms with Crippen LogP contribution < -0.4 is 10.1 Å². The zero-order valence-corrected chi connectivity index (χ0v) is 22.4. The molecule has 3 aromatic rings. The molecule has 0 saturated heterocycles. The van der Waals surface area contributed by atoms with Crippen LogP contribution in [0.1, 0.15) is 30.9 Å². The van der Waals surface area contributed by atoms with Crippen molar-refractivity contribution in [2.24, 2.45) is 0 Å². The maximum Gasteiger partial charge on any atom is 0.261 e. The first-order chi connectivity index (χ1) is 17.4. The summed E-state index contributed by atoms with van der Waals surface area (Å²) in [6.45, 7) is 2.41. The molecule has 36 heavy (non-hydrogen) atoms. The van der Waals surface area contributed by atoms with Crippen molar-refractivity contribution in [2.75, 3.05) is 13.2 Å². The molecule has 0 aliphatic rings. The topological polar surface area (TPSA) is 58.6 Å². The molecule has 0 spiro atoms. The number of carbonyl (C=O) groups is 2. The van der Waals surface area contributed by atoms with Crippen LogP contribution in [0.15, 0.2) is 77.3 Å². The quantitative estimate of drug-likeness (QED) is 0.263. The van der Waals surface area contributed by atoms with E-state index in [1.807, 2.05) is 37.3 Å². The zero-order chi connectivity index (χ0) is 25.9. The van der Waals surface area contributed by atoms with Crippen LogP contribution in [0, 0.1) is 5.82 Å². The van der Waals surface area contributed by atoms with Gasteiger partial charge >= 0.3 is 0 Å². The third-order valence-corrected chi connectivity index (χ3v) is 6.47. The summed E-state index contributed by atoms with van der Waals surface area (Å²) in [7, 11) is 0. The van der Waals surface area contributed by atoms with Crippen LogP contribution in [0.3, 0.4) is 0 Å². The standard InChI is InChI=1S/C28H29BrClFN2O3/c1-2-3-15-32-28(35)25(16-20-7-5-4-6-8-20)33(18-21-9-12-23(31)13-10-21)27(34)19-36-26-14-11-22(30)17-24(26)29/h4-14,17,25H,2-3,15-16,18-19H2,1H3,(H,32,35)/t25-/m1/s1. The Bertz CT molecular complexity index is 1150. The SMILES string of the molecule is CCCCNC(=O)[C@@H](Cc1ccccc1)N(Cc1ccc(F)cc1)C(=O)COc1ccc(Cl)cc1Br. The molecule has 0 bridgehead atoms. The highest BCUT2D eigenvalue weighted by atomic mass is 79.9. The number of rotatable bonds is 12. The van der Waals surface area contributed by atoms with Crippen molar-refractivity contribution in [3.05, 3.63) is 99.2 Å². The second-order valence-corrected chi connectivity index (χ2v) is 9.65. The summed E-state index contributed by atoms with van der Waals surface area (Å²) in [5.41, 5.74) is 1.63. The van der Waals surface area contributed by atoms with Crippen LogP contribution in [0.25, 0.3) is 0 Å². The lowest BCUT2D eigenvalue weighted by Crippen LogP contribution is -2.51. The van der Waals surface area contributed by atoms with Crippen molar-refractivity contribution in [2.45, 2.75) is 38.8 Å². The van der Waals surface area contributed by atoms with Gasteiger partial charge in [-0.1, -0.05) is 67.4 Å². The monoisotopic (exact) mass is 574 g/mol. The molecule has 5 nitrogen and oxygen atoms in total. The maximum absolute atomic E-state index is 13.5. The van der Waals surface area contributed by atoms with Gasteiger partial charge in [0.2, 0.25) is 5.91 Å². The smallest absolute Gasteiger partial charge is 0.261 e. The van der Waals surface area contributed by atoms with Crippen molar-refractivity contribution in [1.82, 2.24) is 10.2 Å². The molecule has 0 aliphatic carbocycles. The van der Waals surface area contributed by atoms with Gasteiger partial charge in [0.1, 0.15) is 17.6 Å². The average Bonchev–Trinajstić information content (AvgIpc) is 2.87. The van der Waals surface area contributed by atoms with E-state index in [0.29, 0.717) is 33.8 Å². The third-order valence-electron chi connectivity index (χ3n) is 5.61. The van der Waals surface area contributed by atoms with E-state index in [1.54, 1.807) is 30.3 Å². The van der Waals surface area contributed by atoms with Gasteiger partial charge in [-0.25, -0.2) is 4.39 Å². The van der Waals surface area contributed by atoms with Gasteiger partial charge in [-0.2, -0.15) is 0 Å². The molecule has 0 aliphatic heterocycles. The van der Waals surface area contributed by atoms with Crippen molar-refractivity contribution in [3.8, 4) is 5.75 Å². The van der Waals surface area contributed by atoms with Crippen LogP contribution in [0.2, 0.25) is 5.02 Å². The molecule has 190 valence electrons. The minimum atomic E-state index is -0.779. The van der Waals surface area contributed by atoms with Crippen LogP contribution in [0.5, 0.6) is 5.75 Å². The number of nitrogens with zero attached hydrogens (tertiary/aromatic N) is 1. The summed E-state index contributed by atoms with van der Waals surface area (Å²) >= 11 is 9.40. The summed E-state index contributed by atoms with van der Waals surface area (Å²) < 4.78 is 19.9. The van der Waals surface area contributed by atoms with Gasteiger partial charge in [0.15, 0.2) is 6.61 Å². The second kappa shape index (κ2) is 14.0. The lowest BCUT2D eigenvalue weighted by atomic mass is 10.0. The molecule has 8 heteroatoms. The summed E-state index contributed by atoms with van der Waals surface area (Å²) in [6, 6.07) is 19.7. The van der Waals surface area contributed by atoms with E-state index in [0.717, 1.165) is 18.4 Å². The molecule has 0 radical (unpaired) electrons. The lowest BCUT2D eigenvalue weighted by Gasteiger charge is -2.31. The predicted octanol–water partition coefficient (Wildman–Crippen LogP) is 6.18. The molecule has 2 amide bonds. The van der Waals surface area contributed by atoms with Gasteiger partial charge in [-0.05, 0) is 63.8 Å². The molecule has 0 aromatic heterocycles. The van der Waals surface area contributed by atoms with Crippen LogP contribution in [-0.2, 0) is 22.6 Å². The summed E-state index contributed by atoms with van der Waals surface area (Å²) in [6.07, 6.45) is 2.10. The number of carbonyl (C=O) groups excluding carboxylic acids is 2. The molecule has 1 atom stereocenters. The highest BCUT2D eigenvalue weighted by Gasteiger charge is 2.30.